The summed E-state index contributed by atoms with van der Waals surface area (Å²) < 4.78 is 5.60. The summed E-state index contributed by atoms with van der Waals surface area (Å²) in [6.07, 6.45) is 23.7. The lowest BCUT2D eigenvalue weighted by Crippen LogP contribution is -2.41. The van der Waals surface area contributed by atoms with E-state index in [1.54, 1.807) is 0 Å². The first kappa shape index (κ1) is 23.0. The van der Waals surface area contributed by atoms with Crippen LogP contribution < -0.4 is 0 Å². The van der Waals surface area contributed by atoms with Crippen LogP contribution >= 0.6 is 0 Å². The first-order valence-electron chi connectivity index (χ1n) is 11.7. The van der Waals surface area contributed by atoms with Crippen molar-refractivity contribution in [1.29, 1.82) is 0 Å². The van der Waals surface area contributed by atoms with Crippen molar-refractivity contribution >= 4 is 0 Å². The monoisotopic (exact) mass is 353 g/mol. The van der Waals surface area contributed by atoms with Gasteiger partial charge < -0.3 is 4.74 Å². The summed E-state index contributed by atoms with van der Waals surface area (Å²) in [5, 5.41) is 0. The van der Waals surface area contributed by atoms with Gasteiger partial charge in [-0.1, -0.05) is 103 Å². The number of hydrogen-bond acceptors (Lipinski definition) is 2. The maximum Gasteiger partial charge on any atom is 0.0674 e. The molecule has 1 aliphatic heterocycles. The fourth-order valence-corrected chi connectivity index (χ4v) is 3.98. The van der Waals surface area contributed by atoms with Gasteiger partial charge in [-0.3, -0.25) is 4.90 Å². The Morgan fingerprint density at radius 3 is 1.56 bits per heavy atom. The lowest BCUT2D eigenvalue weighted by molar-refractivity contribution is -0.0186. The Hall–Kier alpha value is -0.0800. The van der Waals surface area contributed by atoms with Crippen molar-refractivity contribution in [2.45, 2.75) is 123 Å². The van der Waals surface area contributed by atoms with E-state index in [-0.39, 0.29) is 0 Å². The van der Waals surface area contributed by atoms with Crippen LogP contribution in [0.2, 0.25) is 0 Å². The van der Waals surface area contributed by atoms with Crippen molar-refractivity contribution < 1.29 is 4.74 Å². The quantitative estimate of drug-likeness (QED) is 0.262. The second-order valence-corrected chi connectivity index (χ2v) is 8.29. The highest BCUT2D eigenvalue weighted by Gasteiger charge is 2.15. The van der Waals surface area contributed by atoms with Crippen LogP contribution in [0, 0.1) is 0 Å². The fourth-order valence-electron chi connectivity index (χ4n) is 3.98. The first-order valence-corrected chi connectivity index (χ1v) is 11.7. The molecule has 2 heteroatoms. The molecular weight excluding hydrogens is 306 g/mol. The van der Waals surface area contributed by atoms with Crippen molar-refractivity contribution in [2.24, 2.45) is 0 Å². The molecule has 0 amide bonds. The number of unbranched alkanes of at least 4 members (excludes halogenated alkanes) is 15. The molecule has 1 aliphatic rings. The summed E-state index contributed by atoms with van der Waals surface area (Å²) in [5.74, 6) is 0. The molecule has 1 fully saturated rings. The highest BCUT2D eigenvalue weighted by atomic mass is 16.5. The van der Waals surface area contributed by atoms with Gasteiger partial charge in [-0.2, -0.15) is 0 Å². The van der Waals surface area contributed by atoms with Gasteiger partial charge in [0.15, 0.2) is 0 Å². The molecule has 150 valence electrons. The van der Waals surface area contributed by atoms with Gasteiger partial charge >= 0.3 is 0 Å². The molecule has 1 unspecified atom stereocenters. The van der Waals surface area contributed by atoms with E-state index >= 15 is 0 Å². The SMILES string of the molecule is CCCCCCCCCCCCCCCCCCN1CCOC(C)C1. The second-order valence-electron chi connectivity index (χ2n) is 8.29. The number of hydrogen-bond donors (Lipinski definition) is 0. The minimum absolute atomic E-state index is 0.440. The lowest BCUT2D eigenvalue weighted by atomic mass is 10.0. The Morgan fingerprint density at radius 1 is 0.680 bits per heavy atom. The molecule has 1 heterocycles. The molecule has 1 saturated heterocycles. The number of nitrogens with zero attached hydrogens (tertiary/aromatic N) is 1. The number of ether oxygens (including phenoxy) is 1. The molecule has 1 atom stereocenters. The van der Waals surface area contributed by atoms with E-state index in [0.29, 0.717) is 6.10 Å². The standard InChI is InChI=1S/C23H47NO/c1-3-4-5-6-7-8-9-10-11-12-13-14-15-16-17-18-19-24-20-21-25-23(2)22-24/h23H,3-22H2,1-2H3. The van der Waals surface area contributed by atoms with E-state index in [9.17, 15) is 0 Å². The maximum atomic E-state index is 5.60. The van der Waals surface area contributed by atoms with Gasteiger partial charge in [-0.15, -0.1) is 0 Å². The first-order chi connectivity index (χ1) is 12.3. The highest BCUT2D eigenvalue weighted by Crippen LogP contribution is 2.14. The van der Waals surface area contributed by atoms with E-state index in [1.807, 2.05) is 0 Å². The second kappa shape index (κ2) is 17.3. The Bertz CT molecular complexity index is 269. The molecule has 0 N–H and O–H groups in total. The largest absolute Gasteiger partial charge is 0.376 e. The number of morpholine rings is 1. The molecule has 2 nitrogen and oxygen atoms in total. The van der Waals surface area contributed by atoms with E-state index in [0.717, 1.165) is 19.7 Å². The minimum atomic E-state index is 0.440. The summed E-state index contributed by atoms with van der Waals surface area (Å²) in [6.45, 7) is 8.99. The molecule has 0 spiro atoms. The van der Waals surface area contributed by atoms with Crippen LogP contribution in [0.4, 0.5) is 0 Å². The zero-order valence-electron chi connectivity index (χ0n) is 17.6. The average molecular weight is 354 g/mol. The maximum absolute atomic E-state index is 5.60. The Morgan fingerprint density at radius 2 is 1.12 bits per heavy atom. The fraction of sp³-hybridized carbons (Fsp3) is 1.00. The van der Waals surface area contributed by atoms with Crippen LogP contribution in [0.15, 0.2) is 0 Å². The highest BCUT2D eigenvalue weighted by molar-refractivity contribution is 4.67. The Balaban J connectivity index is 1.69. The van der Waals surface area contributed by atoms with E-state index < -0.39 is 0 Å². The molecule has 25 heavy (non-hydrogen) atoms. The van der Waals surface area contributed by atoms with Gasteiger partial charge in [0.25, 0.3) is 0 Å². The van der Waals surface area contributed by atoms with Gasteiger partial charge in [0.2, 0.25) is 0 Å². The summed E-state index contributed by atoms with van der Waals surface area (Å²) >= 11 is 0. The third-order valence-electron chi connectivity index (χ3n) is 5.65. The van der Waals surface area contributed by atoms with Gasteiger partial charge in [0, 0.05) is 13.1 Å². The van der Waals surface area contributed by atoms with Crippen LogP contribution in [0.3, 0.4) is 0 Å². The molecule has 0 saturated carbocycles. The van der Waals surface area contributed by atoms with Gasteiger partial charge in [-0.05, 0) is 19.9 Å². The summed E-state index contributed by atoms with van der Waals surface area (Å²) in [4.78, 5) is 2.58. The van der Waals surface area contributed by atoms with Gasteiger partial charge in [-0.25, -0.2) is 0 Å². The van der Waals surface area contributed by atoms with Crippen molar-refractivity contribution in [2.75, 3.05) is 26.2 Å². The summed E-state index contributed by atoms with van der Waals surface area (Å²) in [6, 6.07) is 0. The third kappa shape index (κ3) is 14.7. The molecule has 0 aromatic rings. The van der Waals surface area contributed by atoms with Crippen molar-refractivity contribution in [3.05, 3.63) is 0 Å². The van der Waals surface area contributed by atoms with Gasteiger partial charge in [0.1, 0.15) is 0 Å². The summed E-state index contributed by atoms with van der Waals surface area (Å²) in [5.41, 5.74) is 0. The van der Waals surface area contributed by atoms with Crippen LogP contribution in [0.5, 0.6) is 0 Å². The molecule has 0 aromatic heterocycles. The zero-order valence-corrected chi connectivity index (χ0v) is 17.6. The smallest absolute Gasteiger partial charge is 0.0674 e. The molecule has 0 aliphatic carbocycles. The lowest BCUT2D eigenvalue weighted by Gasteiger charge is -2.30. The molecule has 0 radical (unpaired) electrons. The molecular formula is C23H47NO. The normalized spacial score (nSPS) is 18.7. The van der Waals surface area contributed by atoms with Crippen molar-refractivity contribution in [3.63, 3.8) is 0 Å². The number of rotatable bonds is 17. The van der Waals surface area contributed by atoms with Crippen LogP contribution in [-0.4, -0.2) is 37.2 Å². The van der Waals surface area contributed by atoms with E-state index in [1.165, 1.54) is 109 Å². The molecule has 1 rings (SSSR count). The summed E-state index contributed by atoms with van der Waals surface area (Å²) in [7, 11) is 0. The molecule has 0 aromatic carbocycles. The predicted octanol–water partition coefficient (Wildman–Crippen LogP) is 6.97. The van der Waals surface area contributed by atoms with Crippen LogP contribution in [0.25, 0.3) is 0 Å². The Kier molecular flexibility index (Phi) is 15.9. The minimum Gasteiger partial charge on any atom is -0.376 e. The molecule has 0 bridgehead atoms. The zero-order chi connectivity index (χ0) is 18.0. The van der Waals surface area contributed by atoms with E-state index in [2.05, 4.69) is 18.7 Å². The van der Waals surface area contributed by atoms with Crippen LogP contribution in [-0.2, 0) is 4.74 Å². The third-order valence-corrected chi connectivity index (χ3v) is 5.65. The van der Waals surface area contributed by atoms with Crippen molar-refractivity contribution in [3.8, 4) is 0 Å². The van der Waals surface area contributed by atoms with Crippen molar-refractivity contribution in [1.82, 2.24) is 4.90 Å². The topological polar surface area (TPSA) is 12.5 Å². The van der Waals surface area contributed by atoms with E-state index in [4.69, 9.17) is 4.74 Å². The predicted molar refractivity (Wildman–Crippen MR) is 111 cm³/mol. The van der Waals surface area contributed by atoms with Gasteiger partial charge in [0.05, 0.1) is 12.7 Å². The van der Waals surface area contributed by atoms with Crippen LogP contribution in [0.1, 0.15) is 117 Å². The average Bonchev–Trinajstić information content (AvgIpc) is 2.61. The Labute approximate surface area is 159 Å².